The highest BCUT2D eigenvalue weighted by atomic mass is 19.3. The Bertz CT molecular complexity index is 686. The van der Waals surface area contributed by atoms with Crippen LogP contribution in [0.2, 0.25) is 0 Å². The molecule has 1 aliphatic heterocycles. The maximum absolute atomic E-state index is 13.1. The van der Waals surface area contributed by atoms with E-state index in [0.717, 1.165) is 13.0 Å². The number of hydrogen-bond acceptors (Lipinski definition) is 6. The number of amides is 1. The second kappa shape index (κ2) is 9.29. The van der Waals surface area contributed by atoms with Gasteiger partial charge in [0.25, 0.3) is 5.92 Å². The van der Waals surface area contributed by atoms with E-state index >= 15 is 0 Å². The zero-order valence-corrected chi connectivity index (χ0v) is 14.7. The van der Waals surface area contributed by atoms with Crippen molar-refractivity contribution in [2.75, 3.05) is 30.7 Å². The molecule has 1 aromatic rings. The van der Waals surface area contributed by atoms with E-state index in [4.69, 9.17) is 5.73 Å². The highest BCUT2D eigenvalue weighted by molar-refractivity contribution is 5.82. The molecule has 1 fully saturated rings. The SMILES string of the molecule is CCCNc1nc(N)ncc1C#CCCCNC(=O)[C@@H]1CC(F)(F)CN1. The van der Waals surface area contributed by atoms with Crippen LogP contribution in [0.15, 0.2) is 6.20 Å². The number of aromatic nitrogens is 2. The van der Waals surface area contributed by atoms with Crippen molar-refractivity contribution in [3.05, 3.63) is 11.8 Å². The van der Waals surface area contributed by atoms with Gasteiger partial charge >= 0.3 is 0 Å². The number of halogens is 2. The van der Waals surface area contributed by atoms with Crippen molar-refractivity contribution in [2.24, 2.45) is 0 Å². The highest BCUT2D eigenvalue weighted by Gasteiger charge is 2.42. The van der Waals surface area contributed by atoms with Crippen LogP contribution < -0.4 is 21.7 Å². The molecule has 1 saturated heterocycles. The van der Waals surface area contributed by atoms with Crippen LogP contribution in [0.3, 0.4) is 0 Å². The summed E-state index contributed by atoms with van der Waals surface area (Å²) in [7, 11) is 0. The van der Waals surface area contributed by atoms with E-state index < -0.39 is 30.8 Å². The summed E-state index contributed by atoms with van der Waals surface area (Å²) in [5.74, 6) is 3.57. The van der Waals surface area contributed by atoms with Gasteiger partial charge in [0, 0.05) is 25.9 Å². The third-order valence-electron chi connectivity index (χ3n) is 3.78. The minimum absolute atomic E-state index is 0.183. The molecule has 0 unspecified atom stereocenters. The lowest BCUT2D eigenvalue weighted by atomic mass is 10.2. The number of carbonyl (C=O) groups is 1. The Labute approximate surface area is 151 Å². The number of nitrogens with zero attached hydrogens (tertiary/aromatic N) is 2. The average molecular weight is 366 g/mol. The predicted molar refractivity (Wildman–Crippen MR) is 95.7 cm³/mol. The summed E-state index contributed by atoms with van der Waals surface area (Å²) >= 11 is 0. The lowest BCUT2D eigenvalue weighted by Crippen LogP contribution is -2.40. The van der Waals surface area contributed by atoms with Crippen LogP contribution >= 0.6 is 0 Å². The largest absolute Gasteiger partial charge is 0.369 e. The Hall–Kier alpha value is -2.47. The summed E-state index contributed by atoms with van der Waals surface area (Å²) in [6, 6.07) is -0.824. The fourth-order valence-electron chi connectivity index (χ4n) is 2.44. The number of anilines is 2. The number of rotatable bonds is 7. The summed E-state index contributed by atoms with van der Waals surface area (Å²) in [5.41, 5.74) is 6.25. The molecule has 5 N–H and O–H groups in total. The molecule has 1 aromatic heterocycles. The first-order valence-electron chi connectivity index (χ1n) is 8.65. The molecular weight excluding hydrogens is 342 g/mol. The molecule has 1 aliphatic rings. The topological polar surface area (TPSA) is 105 Å². The van der Waals surface area contributed by atoms with E-state index in [2.05, 4.69) is 37.8 Å². The van der Waals surface area contributed by atoms with Crippen molar-refractivity contribution in [3.63, 3.8) is 0 Å². The number of nitrogens with two attached hydrogens (primary N) is 1. The number of nitrogens with one attached hydrogen (secondary N) is 3. The van der Waals surface area contributed by atoms with Crippen LogP contribution in [-0.4, -0.2) is 47.5 Å². The molecule has 0 aliphatic carbocycles. The number of nitrogen functional groups attached to an aromatic ring is 1. The Balaban J connectivity index is 1.75. The average Bonchev–Trinajstić information content (AvgIpc) is 2.97. The molecule has 0 bridgehead atoms. The maximum atomic E-state index is 13.1. The van der Waals surface area contributed by atoms with Crippen molar-refractivity contribution in [1.82, 2.24) is 20.6 Å². The van der Waals surface area contributed by atoms with E-state index in [-0.39, 0.29) is 5.95 Å². The zero-order valence-electron chi connectivity index (χ0n) is 14.7. The second-order valence-electron chi connectivity index (χ2n) is 6.11. The normalized spacial score (nSPS) is 18.0. The minimum atomic E-state index is -2.81. The molecule has 0 saturated carbocycles. The van der Waals surface area contributed by atoms with Gasteiger partial charge in [-0.2, -0.15) is 4.98 Å². The lowest BCUT2D eigenvalue weighted by Gasteiger charge is -2.10. The van der Waals surface area contributed by atoms with Gasteiger partial charge in [-0.05, 0) is 12.8 Å². The summed E-state index contributed by atoms with van der Waals surface area (Å²) in [6.07, 6.45) is 3.23. The number of alkyl halides is 2. The van der Waals surface area contributed by atoms with E-state index in [9.17, 15) is 13.6 Å². The molecule has 2 rings (SSSR count). The number of carbonyl (C=O) groups excluding carboxylic acids is 1. The number of unbranched alkanes of at least 4 members (excludes halogenated alkanes) is 1. The molecule has 9 heteroatoms. The third-order valence-corrected chi connectivity index (χ3v) is 3.78. The first kappa shape index (κ1) is 19.8. The quantitative estimate of drug-likeness (QED) is 0.426. The fourth-order valence-corrected chi connectivity index (χ4v) is 2.44. The molecule has 26 heavy (non-hydrogen) atoms. The van der Waals surface area contributed by atoms with E-state index in [1.54, 1.807) is 6.20 Å². The highest BCUT2D eigenvalue weighted by Crippen LogP contribution is 2.24. The van der Waals surface area contributed by atoms with Gasteiger partial charge in [0.2, 0.25) is 11.9 Å². The molecule has 1 atom stereocenters. The fraction of sp³-hybridized carbons (Fsp3) is 0.588. The zero-order chi connectivity index (χ0) is 19.0. The monoisotopic (exact) mass is 366 g/mol. The summed E-state index contributed by atoms with van der Waals surface area (Å²) in [5, 5.41) is 8.33. The first-order chi connectivity index (χ1) is 12.4. The van der Waals surface area contributed by atoms with Crippen LogP contribution in [0, 0.1) is 11.8 Å². The Kier molecular flexibility index (Phi) is 7.09. The molecule has 0 aromatic carbocycles. The van der Waals surface area contributed by atoms with Crippen LogP contribution in [0.25, 0.3) is 0 Å². The number of hydrogen-bond donors (Lipinski definition) is 4. The second-order valence-corrected chi connectivity index (χ2v) is 6.11. The van der Waals surface area contributed by atoms with Gasteiger partial charge in [0.1, 0.15) is 5.82 Å². The first-order valence-corrected chi connectivity index (χ1v) is 8.65. The Morgan fingerprint density at radius 1 is 1.50 bits per heavy atom. The molecule has 1 amide bonds. The van der Waals surface area contributed by atoms with Crippen molar-refractivity contribution in [1.29, 1.82) is 0 Å². The molecular formula is C17H24F2N6O. The van der Waals surface area contributed by atoms with Crippen LogP contribution in [0.4, 0.5) is 20.5 Å². The molecule has 2 heterocycles. The molecule has 0 spiro atoms. The third kappa shape index (κ3) is 6.11. The molecule has 7 nitrogen and oxygen atoms in total. The smallest absolute Gasteiger partial charge is 0.262 e. The minimum Gasteiger partial charge on any atom is -0.369 e. The van der Waals surface area contributed by atoms with Crippen molar-refractivity contribution in [2.45, 2.75) is 44.6 Å². The van der Waals surface area contributed by atoms with Gasteiger partial charge in [0.05, 0.1) is 24.3 Å². The van der Waals surface area contributed by atoms with Gasteiger partial charge in [-0.25, -0.2) is 13.8 Å². The van der Waals surface area contributed by atoms with Gasteiger partial charge in [-0.3, -0.25) is 10.1 Å². The van der Waals surface area contributed by atoms with Gasteiger partial charge in [-0.1, -0.05) is 18.8 Å². The van der Waals surface area contributed by atoms with Crippen LogP contribution in [0.1, 0.15) is 38.2 Å². The van der Waals surface area contributed by atoms with Gasteiger partial charge in [-0.15, -0.1) is 0 Å². The lowest BCUT2D eigenvalue weighted by molar-refractivity contribution is -0.123. The van der Waals surface area contributed by atoms with Crippen molar-refractivity contribution in [3.8, 4) is 11.8 Å². The van der Waals surface area contributed by atoms with Crippen molar-refractivity contribution >= 4 is 17.7 Å². The van der Waals surface area contributed by atoms with Crippen molar-refractivity contribution < 1.29 is 13.6 Å². The summed E-state index contributed by atoms with van der Waals surface area (Å²) in [6.45, 7) is 2.73. The van der Waals surface area contributed by atoms with E-state index in [1.807, 2.05) is 6.92 Å². The molecule has 0 radical (unpaired) electrons. The Morgan fingerprint density at radius 3 is 3.00 bits per heavy atom. The summed E-state index contributed by atoms with van der Waals surface area (Å²) < 4.78 is 26.1. The molecule has 142 valence electrons. The van der Waals surface area contributed by atoms with Crippen LogP contribution in [-0.2, 0) is 4.79 Å². The Morgan fingerprint density at radius 2 is 2.31 bits per heavy atom. The standard InChI is InChI=1S/C17H24F2N6O/c1-2-7-21-14-12(10-23-16(20)25-14)6-4-3-5-8-22-15(26)13-9-17(18,19)11-24-13/h10,13,24H,2-3,5,7-9,11H2,1H3,(H,22,26)(H3,20,21,23,25)/t13-/m0/s1. The van der Waals surface area contributed by atoms with Gasteiger partial charge < -0.3 is 16.4 Å². The predicted octanol–water partition coefficient (Wildman–Crippen LogP) is 1.13. The summed E-state index contributed by atoms with van der Waals surface area (Å²) in [4.78, 5) is 19.9. The van der Waals surface area contributed by atoms with Crippen LogP contribution in [0.5, 0.6) is 0 Å². The van der Waals surface area contributed by atoms with E-state index in [0.29, 0.717) is 30.8 Å². The van der Waals surface area contributed by atoms with Gasteiger partial charge in [0.15, 0.2) is 0 Å². The van der Waals surface area contributed by atoms with E-state index in [1.165, 1.54) is 0 Å². The maximum Gasteiger partial charge on any atom is 0.262 e.